The second-order valence-corrected chi connectivity index (χ2v) is 6.76. The van der Waals surface area contributed by atoms with Crippen LogP contribution in [0.25, 0.3) is 11.0 Å². The van der Waals surface area contributed by atoms with Gasteiger partial charge >= 0.3 is 5.69 Å². The largest absolute Gasteiger partial charge is 0.323 e. The van der Waals surface area contributed by atoms with Crippen molar-refractivity contribution in [3.8, 4) is 0 Å². The molecule has 0 radical (unpaired) electrons. The molecule has 0 saturated carbocycles. The van der Waals surface area contributed by atoms with Gasteiger partial charge in [-0.05, 0) is 37.5 Å². The lowest BCUT2D eigenvalue weighted by Gasteiger charge is -2.17. The monoisotopic (exact) mass is 281 g/mol. The van der Waals surface area contributed by atoms with Crippen molar-refractivity contribution in [3.63, 3.8) is 0 Å². The lowest BCUT2D eigenvalue weighted by Crippen LogP contribution is -2.28. The van der Waals surface area contributed by atoms with Crippen LogP contribution in [-0.2, 0) is 10.0 Å². The normalized spacial score (nSPS) is 17.3. The average Bonchev–Trinajstić information content (AvgIpc) is 2.95. The van der Waals surface area contributed by atoms with E-state index in [4.69, 9.17) is 0 Å². The number of hydrogen-bond donors (Lipinski definition) is 2. The van der Waals surface area contributed by atoms with Crippen molar-refractivity contribution in [3.05, 3.63) is 28.2 Å². The van der Waals surface area contributed by atoms with Gasteiger partial charge in [0.05, 0.1) is 15.9 Å². The van der Waals surface area contributed by atoms with E-state index in [1.54, 1.807) is 13.0 Å². The maximum absolute atomic E-state index is 12.5. The molecule has 6 nitrogen and oxygen atoms in total. The van der Waals surface area contributed by atoms with Crippen LogP contribution in [-0.4, -0.2) is 35.8 Å². The Kier molecular flexibility index (Phi) is 2.75. The molecular formula is C12H15N3O3S. The molecule has 0 aliphatic carbocycles. The van der Waals surface area contributed by atoms with Crippen LogP contribution in [0.1, 0.15) is 18.4 Å². The van der Waals surface area contributed by atoms with Crippen LogP contribution in [0.3, 0.4) is 0 Å². The molecule has 2 N–H and O–H groups in total. The minimum atomic E-state index is -3.45. The molecule has 1 fully saturated rings. The fourth-order valence-electron chi connectivity index (χ4n) is 2.52. The Labute approximate surface area is 110 Å². The summed E-state index contributed by atoms with van der Waals surface area (Å²) in [6.07, 6.45) is 1.81. The van der Waals surface area contributed by atoms with Crippen molar-refractivity contribution in [1.82, 2.24) is 14.3 Å². The van der Waals surface area contributed by atoms with Crippen LogP contribution >= 0.6 is 0 Å². The Bertz CT molecular complexity index is 782. The molecule has 19 heavy (non-hydrogen) atoms. The van der Waals surface area contributed by atoms with E-state index in [-0.39, 0.29) is 10.6 Å². The summed E-state index contributed by atoms with van der Waals surface area (Å²) in [6.45, 7) is 2.89. The summed E-state index contributed by atoms with van der Waals surface area (Å²) in [4.78, 5) is 16.7. The number of hydrogen-bond acceptors (Lipinski definition) is 3. The zero-order valence-electron chi connectivity index (χ0n) is 10.6. The Hall–Kier alpha value is -1.60. The van der Waals surface area contributed by atoms with Crippen molar-refractivity contribution < 1.29 is 8.42 Å². The molecule has 0 atom stereocenters. The highest BCUT2D eigenvalue weighted by atomic mass is 32.2. The minimum absolute atomic E-state index is 0.275. The van der Waals surface area contributed by atoms with Crippen molar-refractivity contribution in [2.75, 3.05) is 13.1 Å². The van der Waals surface area contributed by atoms with Gasteiger partial charge in [0.2, 0.25) is 10.0 Å². The molecule has 1 aliphatic heterocycles. The number of rotatable bonds is 2. The number of aryl methyl sites for hydroxylation is 1. The number of benzene rings is 1. The van der Waals surface area contributed by atoms with Crippen LogP contribution in [0.4, 0.5) is 0 Å². The molecule has 0 bridgehead atoms. The molecule has 1 aliphatic rings. The Morgan fingerprint density at radius 2 is 1.68 bits per heavy atom. The van der Waals surface area contributed by atoms with Gasteiger partial charge in [0.15, 0.2) is 0 Å². The quantitative estimate of drug-likeness (QED) is 0.859. The molecule has 1 saturated heterocycles. The van der Waals surface area contributed by atoms with Crippen LogP contribution < -0.4 is 5.69 Å². The van der Waals surface area contributed by atoms with E-state index in [9.17, 15) is 13.2 Å². The lowest BCUT2D eigenvalue weighted by atomic mass is 10.2. The topological polar surface area (TPSA) is 86.0 Å². The van der Waals surface area contributed by atoms with Crippen LogP contribution in [0.5, 0.6) is 0 Å². The molecule has 0 unspecified atom stereocenters. The number of H-pyrrole nitrogens is 2. The van der Waals surface area contributed by atoms with Gasteiger partial charge in [0.25, 0.3) is 0 Å². The third kappa shape index (κ3) is 1.98. The second kappa shape index (κ2) is 4.21. The number of imidazole rings is 1. The standard InChI is InChI=1S/C12H15N3O3S/c1-8-6-9-10(14-12(16)13-9)7-11(8)19(17,18)15-4-2-3-5-15/h6-7H,2-5H2,1H3,(H2,13,14,16). The zero-order chi connectivity index (χ0) is 13.6. The van der Waals surface area contributed by atoms with Crippen molar-refractivity contribution in [1.29, 1.82) is 0 Å². The van der Waals surface area contributed by atoms with E-state index < -0.39 is 10.0 Å². The molecule has 3 rings (SSSR count). The van der Waals surface area contributed by atoms with Gasteiger partial charge in [-0.1, -0.05) is 0 Å². The zero-order valence-corrected chi connectivity index (χ0v) is 11.4. The van der Waals surface area contributed by atoms with Crippen molar-refractivity contribution in [2.45, 2.75) is 24.7 Å². The maximum atomic E-state index is 12.5. The van der Waals surface area contributed by atoms with Gasteiger partial charge in [-0.3, -0.25) is 0 Å². The van der Waals surface area contributed by atoms with Crippen molar-refractivity contribution >= 4 is 21.1 Å². The lowest BCUT2D eigenvalue weighted by molar-refractivity contribution is 0.477. The Morgan fingerprint density at radius 3 is 2.32 bits per heavy atom. The fourth-order valence-corrected chi connectivity index (χ4v) is 4.27. The smallest absolute Gasteiger partial charge is 0.306 e. The number of aromatic nitrogens is 2. The first-order valence-electron chi connectivity index (χ1n) is 6.21. The van der Waals surface area contributed by atoms with Crippen LogP contribution in [0.15, 0.2) is 21.8 Å². The molecule has 0 spiro atoms. The maximum Gasteiger partial charge on any atom is 0.323 e. The summed E-state index contributed by atoms with van der Waals surface area (Å²) in [6, 6.07) is 3.23. The second-order valence-electron chi connectivity index (χ2n) is 4.85. The first-order valence-corrected chi connectivity index (χ1v) is 7.65. The van der Waals surface area contributed by atoms with Gasteiger partial charge in [0.1, 0.15) is 0 Å². The minimum Gasteiger partial charge on any atom is -0.306 e. The molecule has 7 heteroatoms. The summed E-state index contributed by atoms with van der Waals surface area (Å²) in [5.41, 5.74) is 1.47. The van der Waals surface area contributed by atoms with E-state index >= 15 is 0 Å². The highest BCUT2D eigenvalue weighted by Crippen LogP contribution is 2.26. The fraction of sp³-hybridized carbons (Fsp3) is 0.417. The van der Waals surface area contributed by atoms with Gasteiger partial charge < -0.3 is 9.97 Å². The number of aromatic amines is 2. The molecule has 0 amide bonds. The first kappa shape index (κ1) is 12.4. The third-order valence-electron chi connectivity index (χ3n) is 3.49. The van der Waals surface area contributed by atoms with Gasteiger partial charge in [-0.2, -0.15) is 4.31 Å². The molecule has 1 aromatic heterocycles. The first-order chi connectivity index (χ1) is 8.98. The summed E-state index contributed by atoms with van der Waals surface area (Å²) in [5, 5.41) is 0. The number of sulfonamides is 1. The van der Waals surface area contributed by atoms with E-state index in [1.807, 2.05) is 0 Å². The molecule has 2 heterocycles. The van der Waals surface area contributed by atoms with E-state index in [2.05, 4.69) is 9.97 Å². The third-order valence-corrected chi connectivity index (χ3v) is 5.53. The SMILES string of the molecule is Cc1cc2[nH]c(=O)[nH]c2cc1S(=O)(=O)N1CCCC1. The summed E-state index contributed by atoms with van der Waals surface area (Å²) in [7, 11) is -3.45. The number of nitrogens with one attached hydrogen (secondary N) is 2. The molecule has 1 aromatic carbocycles. The van der Waals surface area contributed by atoms with E-state index in [0.717, 1.165) is 12.8 Å². The summed E-state index contributed by atoms with van der Waals surface area (Å²) in [5.74, 6) is 0. The average molecular weight is 281 g/mol. The van der Waals surface area contributed by atoms with E-state index in [1.165, 1.54) is 10.4 Å². The molecular weight excluding hydrogens is 266 g/mol. The van der Waals surface area contributed by atoms with E-state index in [0.29, 0.717) is 29.7 Å². The summed E-state index contributed by atoms with van der Waals surface area (Å²) < 4.78 is 26.6. The molecule has 102 valence electrons. The Morgan fingerprint density at radius 1 is 1.11 bits per heavy atom. The van der Waals surface area contributed by atoms with Crippen LogP contribution in [0, 0.1) is 6.92 Å². The number of fused-ring (bicyclic) bond motifs is 1. The Balaban J connectivity index is 2.18. The van der Waals surface area contributed by atoms with Gasteiger partial charge in [-0.25, -0.2) is 13.2 Å². The van der Waals surface area contributed by atoms with Gasteiger partial charge in [0, 0.05) is 13.1 Å². The summed E-state index contributed by atoms with van der Waals surface area (Å²) >= 11 is 0. The highest BCUT2D eigenvalue weighted by molar-refractivity contribution is 7.89. The predicted molar refractivity (Wildman–Crippen MR) is 71.6 cm³/mol. The number of nitrogens with zero attached hydrogens (tertiary/aromatic N) is 1. The van der Waals surface area contributed by atoms with Crippen molar-refractivity contribution in [2.24, 2.45) is 0 Å². The molecule has 2 aromatic rings. The predicted octanol–water partition coefficient (Wildman–Crippen LogP) is 0.949. The van der Waals surface area contributed by atoms with Crippen LogP contribution in [0.2, 0.25) is 0 Å². The highest BCUT2D eigenvalue weighted by Gasteiger charge is 2.28. The van der Waals surface area contributed by atoms with Gasteiger partial charge in [-0.15, -0.1) is 0 Å².